The van der Waals surface area contributed by atoms with Crippen molar-refractivity contribution in [2.45, 2.75) is 53.0 Å². The van der Waals surface area contributed by atoms with E-state index in [-0.39, 0.29) is 5.56 Å². The Labute approximate surface area is 201 Å². The van der Waals surface area contributed by atoms with E-state index in [2.05, 4.69) is 58.0 Å². The normalized spacial score (nSPS) is 11.3. The largest absolute Gasteiger partial charge is 0.347 e. The van der Waals surface area contributed by atoms with Crippen LogP contribution in [0.3, 0.4) is 0 Å². The predicted molar refractivity (Wildman–Crippen MR) is 137 cm³/mol. The van der Waals surface area contributed by atoms with E-state index in [9.17, 15) is 4.79 Å². The van der Waals surface area contributed by atoms with Gasteiger partial charge in [-0.1, -0.05) is 56.7 Å². The summed E-state index contributed by atoms with van der Waals surface area (Å²) in [4.78, 5) is 16.9. The fourth-order valence-electron chi connectivity index (χ4n) is 3.82. The Morgan fingerprint density at radius 3 is 2.55 bits per heavy atom. The topological polar surface area (TPSA) is 67.2 Å². The molecular weight excluding hydrogens is 432 g/mol. The molecule has 0 aliphatic heterocycles. The smallest absolute Gasteiger partial charge is 0.267 e. The van der Waals surface area contributed by atoms with Crippen LogP contribution >= 0.6 is 11.3 Å². The molecule has 0 bridgehead atoms. The molecule has 3 rings (SSSR count). The van der Waals surface area contributed by atoms with E-state index in [4.69, 9.17) is 0 Å². The van der Waals surface area contributed by atoms with Crippen LogP contribution in [0.25, 0.3) is 10.6 Å². The molecule has 0 fully saturated rings. The molecule has 2 aromatic heterocycles. The van der Waals surface area contributed by atoms with Crippen LogP contribution in [0, 0.1) is 0 Å². The van der Waals surface area contributed by atoms with Gasteiger partial charge in [0.25, 0.3) is 5.56 Å². The van der Waals surface area contributed by atoms with Crippen molar-refractivity contribution >= 4 is 16.5 Å². The van der Waals surface area contributed by atoms with Gasteiger partial charge in [-0.15, -0.1) is 10.2 Å². The molecule has 0 radical (unpaired) electrons. The fraction of sp³-hybridized carbons (Fsp3) is 0.520. The minimum Gasteiger partial charge on any atom is -0.347 e. The number of benzene rings is 1. The Bertz CT molecular complexity index is 1030. The zero-order valence-corrected chi connectivity index (χ0v) is 20.9. The average Bonchev–Trinajstić information content (AvgIpc) is 3.32. The van der Waals surface area contributed by atoms with Crippen LogP contribution in [0.1, 0.15) is 52.0 Å². The third kappa shape index (κ3) is 7.47. The van der Waals surface area contributed by atoms with Crippen molar-refractivity contribution in [3.63, 3.8) is 0 Å². The minimum atomic E-state index is -0.103. The van der Waals surface area contributed by atoms with Crippen molar-refractivity contribution in [1.82, 2.24) is 24.9 Å². The molecule has 8 heteroatoms. The highest BCUT2D eigenvalue weighted by molar-refractivity contribution is 7.18. The average molecular weight is 469 g/mol. The van der Waals surface area contributed by atoms with Gasteiger partial charge in [0.05, 0.1) is 6.54 Å². The van der Waals surface area contributed by atoms with Crippen molar-refractivity contribution in [3.8, 4) is 10.6 Å². The van der Waals surface area contributed by atoms with Crippen molar-refractivity contribution in [1.29, 1.82) is 0 Å². The van der Waals surface area contributed by atoms with Crippen LogP contribution in [-0.2, 0) is 6.54 Å². The summed E-state index contributed by atoms with van der Waals surface area (Å²) in [6.07, 6.45) is 6.26. The van der Waals surface area contributed by atoms with Gasteiger partial charge in [0.2, 0.25) is 5.13 Å². The van der Waals surface area contributed by atoms with Gasteiger partial charge in [-0.3, -0.25) is 4.79 Å². The zero-order valence-electron chi connectivity index (χ0n) is 20.1. The molecule has 0 atom stereocenters. The molecule has 33 heavy (non-hydrogen) atoms. The summed E-state index contributed by atoms with van der Waals surface area (Å²) < 4.78 is 1.47. The van der Waals surface area contributed by atoms with E-state index in [1.165, 1.54) is 17.2 Å². The van der Waals surface area contributed by atoms with Gasteiger partial charge in [-0.2, -0.15) is 5.10 Å². The first-order chi connectivity index (χ1) is 16.1. The van der Waals surface area contributed by atoms with E-state index in [0.717, 1.165) is 73.3 Å². The summed E-state index contributed by atoms with van der Waals surface area (Å²) in [5, 5.41) is 15.1. The van der Waals surface area contributed by atoms with E-state index in [1.807, 2.05) is 12.1 Å². The number of hydrogen-bond donors (Lipinski definition) is 0. The molecule has 0 amide bonds. The lowest BCUT2D eigenvalue weighted by Crippen LogP contribution is -2.31. The van der Waals surface area contributed by atoms with Crippen molar-refractivity contribution in [2.24, 2.45) is 0 Å². The first-order valence-electron chi connectivity index (χ1n) is 12.1. The SMILES string of the molecule is CCCCN(CCCN(CC)CCC)c1nnc(-c2cccc(Cn3ncccc3=O)c2)s1. The van der Waals surface area contributed by atoms with Crippen LogP contribution in [0.5, 0.6) is 0 Å². The van der Waals surface area contributed by atoms with Crippen LogP contribution in [0.15, 0.2) is 47.4 Å². The van der Waals surface area contributed by atoms with Crippen molar-refractivity contribution in [2.75, 3.05) is 37.6 Å². The fourth-order valence-corrected chi connectivity index (χ4v) is 4.72. The maximum absolute atomic E-state index is 12.0. The summed E-state index contributed by atoms with van der Waals surface area (Å²) in [5.41, 5.74) is 1.94. The lowest BCUT2D eigenvalue weighted by Gasteiger charge is -2.24. The molecule has 7 nitrogen and oxygen atoms in total. The first kappa shape index (κ1) is 25.1. The summed E-state index contributed by atoms with van der Waals surface area (Å²) in [6.45, 7) is 12.5. The Kier molecular flexibility index (Phi) is 10.0. The van der Waals surface area contributed by atoms with Gasteiger partial charge in [0, 0.05) is 30.9 Å². The second-order valence-corrected chi connectivity index (χ2v) is 9.19. The van der Waals surface area contributed by atoms with E-state index < -0.39 is 0 Å². The number of aromatic nitrogens is 4. The van der Waals surface area contributed by atoms with E-state index >= 15 is 0 Å². The number of hydrogen-bond acceptors (Lipinski definition) is 7. The van der Waals surface area contributed by atoms with Crippen molar-refractivity contribution < 1.29 is 0 Å². The molecule has 0 spiro atoms. The molecule has 3 aromatic rings. The molecule has 1 aromatic carbocycles. The quantitative estimate of drug-likeness (QED) is 0.346. The number of rotatable bonds is 14. The molecule has 0 saturated carbocycles. The standard InChI is InChI=1S/C25H36N6OS/c1-4-7-17-30(18-10-16-29(6-3)15-5-2)25-28-27-24(33-25)22-12-8-11-21(19-22)20-31-23(32)13-9-14-26-31/h8-9,11-14,19H,4-7,10,15-18,20H2,1-3H3. The van der Waals surface area contributed by atoms with Crippen LogP contribution < -0.4 is 10.5 Å². The Balaban J connectivity index is 1.70. The number of anilines is 1. The Morgan fingerprint density at radius 2 is 1.79 bits per heavy atom. The zero-order chi connectivity index (χ0) is 23.5. The van der Waals surface area contributed by atoms with Crippen LogP contribution in [0.2, 0.25) is 0 Å². The second-order valence-electron chi connectivity index (χ2n) is 8.24. The van der Waals surface area contributed by atoms with Crippen LogP contribution in [-0.4, -0.2) is 57.6 Å². The van der Waals surface area contributed by atoms with Gasteiger partial charge in [-0.25, -0.2) is 4.68 Å². The monoisotopic (exact) mass is 468 g/mol. The van der Waals surface area contributed by atoms with E-state index in [0.29, 0.717) is 6.54 Å². The third-order valence-electron chi connectivity index (χ3n) is 5.65. The lowest BCUT2D eigenvalue weighted by molar-refractivity contribution is 0.286. The summed E-state index contributed by atoms with van der Waals surface area (Å²) in [6, 6.07) is 11.3. The van der Waals surface area contributed by atoms with Gasteiger partial charge in [0.1, 0.15) is 5.01 Å². The minimum absolute atomic E-state index is 0.103. The van der Waals surface area contributed by atoms with Crippen molar-refractivity contribution in [3.05, 3.63) is 58.5 Å². The second kappa shape index (κ2) is 13.2. The summed E-state index contributed by atoms with van der Waals surface area (Å²) in [7, 11) is 0. The van der Waals surface area contributed by atoms with Gasteiger partial charge in [0.15, 0.2) is 0 Å². The summed E-state index contributed by atoms with van der Waals surface area (Å²) in [5.74, 6) is 0. The number of nitrogens with zero attached hydrogens (tertiary/aromatic N) is 6. The summed E-state index contributed by atoms with van der Waals surface area (Å²) >= 11 is 1.64. The Hall–Kier alpha value is -2.58. The molecule has 178 valence electrons. The highest BCUT2D eigenvalue weighted by Gasteiger charge is 2.14. The maximum atomic E-state index is 12.0. The molecule has 0 unspecified atom stereocenters. The highest BCUT2D eigenvalue weighted by atomic mass is 32.1. The Morgan fingerprint density at radius 1 is 0.939 bits per heavy atom. The number of unbranched alkanes of at least 4 members (excludes halogenated alkanes) is 1. The molecule has 0 saturated heterocycles. The molecule has 0 aliphatic carbocycles. The lowest BCUT2D eigenvalue weighted by atomic mass is 10.1. The predicted octanol–water partition coefficient (Wildman–Crippen LogP) is 4.54. The molecule has 0 N–H and O–H groups in total. The van der Waals surface area contributed by atoms with Gasteiger partial charge >= 0.3 is 0 Å². The highest BCUT2D eigenvalue weighted by Crippen LogP contribution is 2.29. The molecule has 2 heterocycles. The first-order valence-corrected chi connectivity index (χ1v) is 12.9. The van der Waals surface area contributed by atoms with Gasteiger partial charge in [-0.05, 0) is 56.6 Å². The van der Waals surface area contributed by atoms with Crippen LogP contribution in [0.4, 0.5) is 5.13 Å². The molecule has 0 aliphatic rings. The molecular formula is C25H36N6OS. The van der Waals surface area contributed by atoms with Gasteiger partial charge < -0.3 is 9.80 Å². The maximum Gasteiger partial charge on any atom is 0.267 e. The van der Waals surface area contributed by atoms with E-state index in [1.54, 1.807) is 23.6 Å². The third-order valence-corrected chi connectivity index (χ3v) is 6.68.